The van der Waals surface area contributed by atoms with E-state index in [-0.39, 0.29) is 24.4 Å². The summed E-state index contributed by atoms with van der Waals surface area (Å²) in [6.45, 7) is 4.98. The highest BCUT2D eigenvalue weighted by Gasteiger charge is 2.41. The fourth-order valence-corrected chi connectivity index (χ4v) is 5.37. The Balaban J connectivity index is 1.73. The van der Waals surface area contributed by atoms with Gasteiger partial charge in [0.1, 0.15) is 16.3 Å². The molecule has 0 spiro atoms. The molecule has 2 N–H and O–H groups in total. The summed E-state index contributed by atoms with van der Waals surface area (Å²) in [7, 11) is -2.30. The smallest absolute Gasteiger partial charge is 0.244 e. The predicted octanol–water partition coefficient (Wildman–Crippen LogP) is 0.963. The van der Waals surface area contributed by atoms with Gasteiger partial charge in [0.05, 0.1) is 24.0 Å². The molecule has 2 heterocycles. The normalized spacial score (nSPS) is 20.8. The average molecular weight is 424 g/mol. The van der Waals surface area contributed by atoms with Gasteiger partial charge >= 0.3 is 0 Å². The molecule has 0 radical (unpaired) electrons. The number of benzene rings is 1. The van der Waals surface area contributed by atoms with E-state index in [1.54, 1.807) is 20.9 Å². The van der Waals surface area contributed by atoms with Crippen molar-refractivity contribution >= 4 is 15.9 Å². The van der Waals surface area contributed by atoms with Crippen molar-refractivity contribution in [3.8, 4) is 0 Å². The quantitative estimate of drug-likeness (QED) is 0.744. The standard InChI is InChI=1S/C19H25FN4O4S/c1-12-17(14(3)23(4)21-12)29(27,28)22-13(2)18(25)24-10-9-19(26,11-24)15-5-7-16(20)8-6-15/h5-8,13,22,26H,9-11H2,1-4H3. The first kappa shape index (κ1) is 21.4. The first-order valence-corrected chi connectivity index (χ1v) is 10.7. The topological polar surface area (TPSA) is 105 Å². The Morgan fingerprint density at radius 2 is 1.93 bits per heavy atom. The second-order valence-electron chi connectivity index (χ2n) is 7.51. The number of sulfonamides is 1. The fraction of sp³-hybridized carbons (Fsp3) is 0.474. The maximum Gasteiger partial charge on any atom is 0.244 e. The Morgan fingerprint density at radius 3 is 2.48 bits per heavy atom. The number of carbonyl (C=O) groups excluding carboxylic acids is 1. The highest BCUT2D eigenvalue weighted by Crippen LogP contribution is 2.32. The number of aromatic nitrogens is 2. The monoisotopic (exact) mass is 424 g/mol. The largest absolute Gasteiger partial charge is 0.383 e. The van der Waals surface area contributed by atoms with Gasteiger partial charge in [0.2, 0.25) is 15.9 Å². The Labute approximate surface area is 169 Å². The summed E-state index contributed by atoms with van der Waals surface area (Å²) in [5.74, 6) is -0.849. The summed E-state index contributed by atoms with van der Waals surface area (Å²) >= 11 is 0. The second kappa shape index (κ2) is 7.51. The van der Waals surface area contributed by atoms with Crippen molar-refractivity contribution in [2.75, 3.05) is 13.1 Å². The Hall–Kier alpha value is -2.30. The lowest BCUT2D eigenvalue weighted by atomic mass is 9.93. The first-order chi connectivity index (χ1) is 13.4. The highest BCUT2D eigenvalue weighted by atomic mass is 32.2. The number of nitrogens with zero attached hydrogens (tertiary/aromatic N) is 3. The summed E-state index contributed by atoms with van der Waals surface area (Å²) in [6.07, 6.45) is 0.282. The van der Waals surface area contributed by atoms with Gasteiger partial charge in [-0.25, -0.2) is 12.8 Å². The minimum absolute atomic E-state index is 0.00841. The molecule has 3 rings (SSSR count). The van der Waals surface area contributed by atoms with Gasteiger partial charge in [-0.05, 0) is 44.9 Å². The summed E-state index contributed by atoms with van der Waals surface area (Å²) in [6, 6.07) is 4.47. The number of nitrogens with one attached hydrogen (secondary N) is 1. The van der Waals surface area contributed by atoms with E-state index in [0.29, 0.717) is 17.0 Å². The highest BCUT2D eigenvalue weighted by molar-refractivity contribution is 7.89. The van der Waals surface area contributed by atoms with E-state index in [9.17, 15) is 22.7 Å². The average Bonchev–Trinajstić information content (AvgIpc) is 3.15. The van der Waals surface area contributed by atoms with Crippen molar-refractivity contribution in [1.82, 2.24) is 19.4 Å². The summed E-state index contributed by atoms with van der Waals surface area (Å²) < 4.78 is 42.6. The maximum absolute atomic E-state index is 13.1. The van der Waals surface area contributed by atoms with Gasteiger partial charge in [-0.3, -0.25) is 9.48 Å². The molecule has 0 aliphatic carbocycles. The van der Waals surface area contributed by atoms with Crippen LogP contribution in [0.4, 0.5) is 4.39 Å². The molecular weight excluding hydrogens is 399 g/mol. The van der Waals surface area contributed by atoms with Crippen LogP contribution in [-0.4, -0.2) is 53.2 Å². The lowest BCUT2D eigenvalue weighted by Gasteiger charge is -2.25. The predicted molar refractivity (Wildman–Crippen MR) is 104 cm³/mol. The van der Waals surface area contributed by atoms with E-state index >= 15 is 0 Å². The molecule has 8 nitrogen and oxygen atoms in total. The van der Waals surface area contributed by atoms with Crippen LogP contribution >= 0.6 is 0 Å². The van der Waals surface area contributed by atoms with Crippen LogP contribution in [0.3, 0.4) is 0 Å². The molecule has 1 amide bonds. The lowest BCUT2D eigenvalue weighted by Crippen LogP contribution is -2.47. The minimum atomic E-state index is -3.95. The number of likely N-dealkylation sites (tertiary alicyclic amines) is 1. The van der Waals surface area contributed by atoms with Crippen molar-refractivity contribution in [2.24, 2.45) is 7.05 Å². The number of β-amino-alcohol motifs (C(OH)–C–C–N with tert-alkyl or cyclic N) is 1. The third kappa shape index (κ3) is 4.05. The third-order valence-electron chi connectivity index (χ3n) is 5.35. The van der Waals surface area contributed by atoms with E-state index in [1.165, 1.54) is 40.8 Å². The third-order valence-corrected chi connectivity index (χ3v) is 7.15. The first-order valence-electron chi connectivity index (χ1n) is 9.24. The molecule has 1 saturated heterocycles. The Kier molecular flexibility index (Phi) is 5.54. The SMILES string of the molecule is Cc1nn(C)c(C)c1S(=O)(=O)NC(C)C(=O)N1CCC(O)(c2ccc(F)cc2)C1. The van der Waals surface area contributed by atoms with Gasteiger partial charge in [0, 0.05) is 13.6 Å². The van der Waals surface area contributed by atoms with Crippen LogP contribution in [-0.2, 0) is 27.5 Å². The van der Waals surface area contributed by atoms with Crippen molar-refractivity contribution in [3.05, 3.63) is 47.0 Å². The molecule has 2 aromatic rings. The van der Waals surface area contributed by atoms with Gasteiger partial charge in [0.25, 0.3) is 0 Å². The molecule has 2 atom stereocenters. The van der Waals surface area contributed by atoms with Crippen molar-refractivity contribution in [2.45, 2.75) is 43.7 Å². The van der Waals surface area contributed by atoms with E-state index in [4.69, 9.17) is 0 Å². The fourth-order valence-electron chi connectivity index (χ4n) is 3.74. The second-order valence-corrected chi connectivity index (χ2v) is 9.17. The zero-order valence-electron chi connectivity index (χ0n) is 16.8. The van der Waals surface area contributed by atoms with Crippen LogP contribution in [0.1, 0.15) is 30.3 Å². The van der Waals surface area contributed by atoms with Crippen LogP contribution in [0.5, 0.6) is 0 Å². The lowest BCUT2D eigenvalue weighted by molar-refractivity contribution is -0.132. The molecule has 158 valence electrons. The van der Waals surface area contributed by atoms with E-state index in [0.717, 1.165) is 0 Å². The number of aryl methyl sites for hydroxylation is 2. The Morgan fingerprint density at radius 1 is 1.31 bits per heavy atom. The van der Waals surface area contributed by atoms with E-state index in [1.807, 2.05) is 0 Å². The van der Waals surface area contributed by atoms with Gasteiger partial charge in [-0.2, -0.15) is 9.82 Å². The number of amides is 1. The number of hydrogen-bond donors (Lipinski definition) is 2. The zero-order valence-corrected chi connectivity index (χ0v) is 17.6. The molecule has 0 bridgehead atoms. The molecule has 1 aromatic heterocycles. The van der Waals surface area contributed by atoms with Crippen molar-refractivity contribution in [1.29, 1.82) is 0 Å². The Bertz CT molecular complexity index is 1040. The van der Waals surface area contributed by atoms with E-state index in [2.05, 4.69) is 9.82 Å². The molecule has 1 fully saturated rings. The van der Waals surface area contributed by atoms with Gasteiger partial charge in [-0.15, -0.1) is 0 Å². The molecular formula is C19H25FN4O4S. The minimum Gasteiger partial charge on any atom is -0.383 e. The van der Waals surface area contributed by atoms with E-state index < -0.39 is 33.4 Å². The maximum atomic E-state index is 13.1. The molecule has 1 aromatic carbocycles. The van der Waals surface area contributed by atoms with Crippen molar-refractivity contribution in [3.63, 3.8) is 0 Å². The van der Waals surface area contributed by atoms with Crippen LogP contribution < -0.4 is 4.72 Å². The van der Waals surface area contributed by atoms with Crippen LogP contribution in [0.15, 0.2) is 29.2 Å². The number of carbonyl (C=O) groups is 1. The van der Waals surface area contributed by atoms with Gasteiger partial charge < -0.3 is 10.0 Å². The molecule has 10 heteroatoms. The molecule has 2 unspecified atom stereocenters. The summed E-state index contributed by atoms with van der Waals surface area (Å²) in [4.78, 5) is 14.3. The van der Waals surface area contributed by atoms with Crippen molar-refractivity contribution < 1.29 is 22.7 Å². The van der Waals surface area contributed by atoms with Crippen LogP contribution in [0, 0.1) is 19.7 Å². The number of hydrogen-bond acceptors (Lipinski definition) is 5. The van der Waals surface area contributed by atoms with Gasteiger partial charge in [-0.1, -0.05) is 12.1 Å². The molecule has 1 aliphatic rings. The molecule has 1 aliphatic heterocycles. The molecule has 0 saturated carbocycles. The van der Waals surface area contributed by atoms with Gasteiger partial charge in [0.15, 0.2) is 0 Å². The molecule has 29 heavy (non-hydrogen) atoms. The number of rotatable bonds is 5. The summed E-state index contributed by atoms with van der Waals surface area (Å²) in [5.41, 5.74) is 0.0490. The summed E-state index contributed by atoms with van der Waals surface area (Å²) in [5, 5.41) is 15.0. The number of aliphatic hydroxyl groups is 1. The van der Waals surface area contributed by atoms with Crippen LogP contribution in [0.25, 0.3) is 0 Å². The zero-order chi connectivity index (χ0) is 21.6. The van der Waals surface area contributed by atoms with Crippen LogP contribution in [0.2, 0.25) is 0 Å². The number of halogens is 1.